The zero-order valence-electron chi connectivity index (χ0n) is 9.64. The van der Waals surface area contributed by atoms with Crippen LogP contribution in [0.3, 0.4) is 0 Å². The van der Waals surface area contributed by atoms with Crippen molar-refractivity contribution in [2.75, 3.05) is 0 Å². The van der Waals surface area contributed by atoms with Gasteiger partial charge in [0.1, 0.15) is 0 Å². The molecule has 0 aromatic heterocycles. The van der Waals surface area contributed by atoms with Gasteiger partial charge in [-0.3, -0.25) is 0 Å². The number of hydrogen-bond donors (Lipinski definition) is 0. The lowest BCUT2D eigenvalue weighted by Gasteiger charge is -2.11. The summed E-state index contributed by atoms with van der Waals surface area (Å²) in [5, 5.41) is 0.554. The lowest BCUT2D eigenvalue weighted by molar-refractivity contribution is 0.507. The average Bonchev–Trinajstić information content (AvgIpc) is 2.32. The molecular formula is C14H9Cl3F2. The van der Waals surface area contributed by atoms with Crippen LogP contribution in [0, 0.1) is 11.6 Å². The first-order chi connectivity index (χ1) is 8.95. The molecule has 0 nitrogen and oxygen atoms in total. The first-order valence-corrected chi connectivity index (χ1v) is 6.69. The second kappa shape index (κ2) is 6.08. The Hall–Kier alpha value is -0.830. The normalized spacial score (nSPS) is 12.5. The van der Waals surface area contributed by atoms with Crippen LogP contribution in [-0.2, 0) is 6.42 Å². The highest BCUT2D eigenvalue weighted by Crippen LogP contribution is 2.30. The van der Waals surface area contributed by atoms with Crippen LogP contribution >= 0.6 is 34.8 Å². The van der Waals surface area contributed by atoms with Crippen LogP contribution in [0.5, 0.6) is 0 Å². The minimum atomic E-state index is -0.884. The zero-order chi connectivity index (χ0) is 14.0. The van der Waals surface area contributed by atoms with E-state index in [9.17, 15) is 8.78 Å². The third kappa shape index (κ3) is 3.82. The first kappa shape index (κ1) is 14.6. The van der Waals surface area contributed by atoms with Crippen molar-refractivity contribution in [3.63, 3.8) is 0 Å². The van der Waals surface area contributed by atoms with Crippen molar-refractivity contribution in [3.05, 3.63) is 69.2 Å². The van der Waals surface area contributed by atoms with E-state index in [1.54, 1.807) is 18.2 Å². The Morgan fingerprint density at radius 3 is 2.11 bits per heavy atom. The molecule has 2 aromatic carbocycles. The zero-order valence-corrected chi connectivity index (χ0v) is 11.9. The van der Waals surface area contributed by atoms with Crippen LogP contribution in [0.4, 0.5) is 8.78 Å². The van der Waals surface area contributed by atoms with Crippen molar-refractivity contribution in [2.24, 2.45) is 0 Å². The lowest BCUT2D eigenvalue weighted by atomic mass is 10.0. The molecule has 0 fully saturated rings. The molecule has 0 aliphatic rings. The molecule has 19 heavy (non-hydrogen) atoms. The van der Waals surface area contributed by atoms with Crippen LogP contribution in [-0.4, -0.2) is 0 Å². The predicted octanol–water partition coefficient (Wildman–Crippen LogP) is 5.79. The number of halogens is 5. The summed E-state index contributed by atoms with van der Waals surface area (Å²) in [5.41, 5.74) is 1.35. The minimum Gasteiger partial charge on any atom is -0.204 e. The fraction of sp³-hybridized carbons (Fsp3) is 0.143. The number of hydrogen-bond acceptors (Lipinski definition) is 0. The molecule has 0 aliphatic heterocycles. The van der Waals surface area contributed by atoms with Gasteiger partial charge in [-0.25, -0.2) is 8.78 Å². The molecule has 0 bridgehead atoms. The molecule has 0 aliphatic carbocycles. The largest absolute Gasteiger partial charge is 0.204 e. The molecule has 2 rings (SSSR count). The molecule has 5 heteroatoms. The molecular weight excluding hydrogens is 313 g/mol. The maximum Gasteiger partial charge on any atom is 0.159 e. The van der Waals surface area contributed by atoms with E-state index >= 15 is 0 Å². The third-order valence-electron chi connectivity index (χ3n) is 2.65. The molecule has 0 heterocycles. The van der Waals surface area contributed by atoms with Gasteiger partial charge >= 0.3 is 0 Å². The lowest BCUT2D eigenvalue weighted by Crippen LogP contribution is -1.97. The summed E-state index contributed by atoms with van der Waals surface area (Å²) in [4.78, 5) is 0. The van der Waals surface area contributed by atoms with E-state index < -0.39 is 17.0 Å². The summed E-state index contributed by atoms with van der Waals surface area (Å²) in [7, 11) is 0. The maximum atomic E-state index is 13.1. The van der Waals surface area contributed by atoms with Gasteiger partial charge in [0, 0.05) is 10.0 Å². The van der Waals surface area contributed by atoms with Gasteiger partial charge < -0.3 is 0 Å². The Balaban J connectivity index is 2.20. The summed E-state index contributed by atoms with van der Waals surface area (Å²) in [5.74, 6) is -1.76. The molecule has 0 saturated heterocycles. The molecule has 0 amide bonds. The van der Waals surface area contributed by atoms with Crippen molar-refractivity contribution in [2.45, 2.75) is 11.8 Å². The quantitative estimate of drug-likeness (QED) is 0.627. The van der Waals surface area contributed by atoms with Crippen LogP contribution in [0.25, 0.3) is 0 Å². The van der Waals surface area contributed by atoms with Gasteiger partial charge in [0.2, 0.25) is 0 Å². The highest BCUT2D eigenvalue weighted by Gasteiger charge is 2.12. The van der Waals surface area contributed by atoms with Crippen molar-refractivity contribution >= 4 is 34.8 Å². The molecule has 0 spiro atoms. The predicted molar refractivity (Wildman–Crippen MR) is 75.1 cm³/mol. The number of rotatable bonds is 3. The Morgan fingerprint density at radius 2 is 1.53 bits per heavy atom. The van der Waals surface area contributed by atoms with E-state index in [0.717, 1.165) is 17.7 Å². The SMILES string of the molecule is Fc1ccc(CC(Cl)c2cc(Cl)cc(Cl)c2)cc1F. The molecule has 100 valence electrons. The highest BCUT2D eigenvalue weighted by molar-refractivity contribution is 6.35. The van der Waals surface area contributed by atoms with E-state index in [0.29, 0.717) is 22.0 Å². The van der Waals surface area contributed by atoms with Gasteiger partial charge in [0.05, 0.1) is 5.38 Å². The van der Waals surface area contributed by atoms with Gasteiger partial charge in [-0.1, -0.05) is 29.3 Å². The molecule has 1 unspecified atom stereocenters. The highest BCUT2D eigenvalue weighted by atomic mass is 35.5. The second-order valence-corrected chi connectivity index (χ2v) is 5.52. The van der Waals surface area contributed by atoms with Crippen LogP contribution in [0.2, 0.25) is 10.0 Å². The fourth-order valence-corrected chi connectivity index (χ4v) is 2.59. The summed E-state index contributed by atoms with van der Waals surface area (Å²) >= 11 is 18.0. The molecule has 0 saturated carbocycles. The van der Waals surface area contributed by atoms with E-state index in [-0.39, 0.29) is 0 Å². The van der Waals surface area contributed by atoms with E-state index in [2.05, 4.69) is 0 Å². The average molecular weight is 322 g/mol. The van der Waals surface area contributed by atoms with Gasteiger partial charge in [-0.2, -0.15) is 0 Å². The summed E-state index contributed by atoms with van der Waals surface area (Å²) in [6.07, 6.45) is 0.357. The Morgan fingerprint density at radius 1 is 0.895 bits per heavy atom. The first-order valence-electron chi connectivity index (χ1n) is 5.49. The van der Waals surface area contributed by atoms with Crippen molar-refractivity contribution < 1.29 is 8.78 Å². The van der Waals surface area contributed by atoms with Crippen LogP contribution in [0.15, 0.2) is 36.4 Å². The standard InChI is InChI=1S/C14H9Cl3F2/c15-10-5-9(6-11(16)7-10)12(17)3-8-1-2-13(18)14(19)4-8/h1-2,4-7,12H,3H2. The maximum absolute atomic E-state index is 13.1. The van der Waals surface area contributed by atoms with E-state index in [1.807, 2.05) is 0 Å². The number of benzene rings is 2. The Kier molecular flexibility index (Phi) is 4.67. The topological polar surface area (TPSA) is 0 Å². The van der Waals surface area contributed by atoms with Gasteiger partial charge in [0.15, 0.2) is 11.6 Å². The molecule has 0 N–H and O–H groups in total. The van der Waals surface area contributed by atoms with Gasteiger partial charge in [0.25, 0.3) is 0 Å². The van der Waals surface area contributed by atoms with Crippen molar-refractivity contribution in [1.29, 1.82) is 0 Å². The van der Waals surface area contributed by atoms with Crippen molar-refractivity contribution in [1.82, 2.24) is 0 Å². The smallest absolute Gasteiger partial charge is 0.159 e. The number of alkyl halides is 1. The van der Waals surface area contributed by atoms with E-state index in [4.69, 9.17) is 34.8 Å². The van der Waals surface area contributed by atoms with Crippen molar-refractivity contribution in [3.8, 4) is 0 Å². The molecule has 0 radical (unpaired) electrons. The fourth-order valence-electron chi connectivity index (χ4n) is 1.75. The van der Waals surface area contributed by atoms with Crippen LogP contribution < -0.4 is 0 Å². The monoisotopic (exact) mass is 320 g/mol. The van der Waals surface area contributed by atoms with Crippen LogP contribution in [0.1, 0.15) is 16.5 Å². The van der Waals surface area contributed by atoms with Gasteiger partial charge in [-0.15, -0.1) is 11.6 Å². The van der Waals surface area contributed by atoms with E-state index in [1.165, 1.54) is 6.07 Å². The molecule has 2 aromatic rings. The Bertz CT molecular complexity index is 579. The summed E-state index contributed by atoms with van der Waals surface area (Å²) in [6.45, 7) is 0. The second-order valence-electron chi connectivity index (χ2n) is 4.12. The Labute approximate surface area is 124 Å². The molecule has 1 atom stereocenters. The minimum absolute atomic E-state index is 0.357. The third-order valence-corrected chi connectivity index (χ3v) is 3.49. The summed E-state index contributed by atoms with van der Waals surface area (Å²) in [6, 6.07) is 8.72. The summed E-state index contributed by atoms with van der Waals surface area (Å²) < 4.78 is 25.9. The van der Waals surface area contributed by atoms with Gasteiger partial charge in [-0.05, 0) is 47.9 Å².